The summed E-state index contributed by atoms with van der Waals surface area (Å²) in [6.45, 7) is 10.9. The normalized spacial score (nSPS) is 13.9. The fraction of sp³-hybridized carbons (Fsp3) is 0.833. The Hall–Kier alpha value is -0.590. The van der Waals surface area contributed by atoms with Gasteiger partial charge in [0, 0.05) is 6.42 Å². The van der Waals surface area contributed by atoms with Crippen molar-refractivity contribution in [2.75, 3.05) is 0 Å². The van der Waals surface area contributed by atoms with E-state index in [-0.39, 0.29) is 0 Å². The quantitative estimate of drug-likeness (QED) is 0.423. The van der Waals surface area contributed by atoms with Gasteiger partial charge in [0.15, 0.2) is 0 Å². The molecule has 0 aliphatic heterocycles. The van der Waals surface area contributed by atoms with Crippen molar-refractivity contribution in [3.8, 4) is 0 Å². The van der Waals surface area contributed by atoms with Crippen LogP contribution >= 0.6 is 0 Å². The van der Waals surface area contributed by atoms with Crippen LogP contribution in [0.2, 0.25) is 0 Å². The van der Waals surface area contributed by atoms with Gasteiger partial charge in [0.2, 0.25) is 0 Å². The van der Waals surface area contributed by atoms with E-state index in [0.29, 0.717) is 12.2 Å². The molecule has 0 aromatic rings. The molecule has 0 rings (SSSR count). The first kappa shape index (κ1) is 18.4. The zero-order valence-corrected chi connectivity index (χ0v) is 13.8. The molecule has 0 bridgehead atoms. The molecule has 1 heteroatoms. The molecule has 0 N–H and O–H groups in total. The third-order valence-electron chi connectivity index (χ3n) is 3.74. The lowest BCUT2D eigenvalue weighted by atomic mass is 9.94. The smallest absolute Gasteiger partial charge is 0.130 e. The van der Waals surface area contributed by atoms with E-state index in [2.05, 4.69) is 33.8 Å². The van der Waals surface area contributed by atoms with Crippen LogP contribution in [-0.2, 0) is 4.79 Å². The van der Waals surface area contributed by atoms with Crippen LogP contribution in [0.5, 0.6) is 0 Å². The van der Waals surface area contributed by atoms with Gasteiger partial charge in [-0.2, -0.15) is 0 Å². The van der Waals surface area contributed by atoms with E-state index in [4.69, 9.17) is 0 Å². The van der Waals surface area contributed by atoms with Crippen LogP contribution in [0.15, 0.2) is 11.6 Å². The minimum absolute atomic E-state index is 0.294. The molecule has 112 valence electrons. The van der Waals surface area contributed by atoms with E-state index in [1.165, 1.54) is 44.1 Å². The summed E-state index contributed by atoms with van der Waals surface area (Å²) in [6, 6.07) is 0. The Labute approximate surface area is 120 Å². The van der Waals surface area contributed by atoms with Crippen molar-refractivity contribution < 1.29 is 4.79 Å². The van der Waals surface area contributed by atoms with Crippen molar-refractivity contribution in [1.82, 2.24) is 0 Å². The average Bonchev–Trinajstić information content (AvgIpc) is 2.27. The predicted octanol–water partition coefficient (Wildman–Crippen LogP) is 5.93. The Kier molecular flexibility index (Phi) is 10.9. The molecule has 0 aliphatic rings. The molecule has 0 spiro atoms. The minimum Gasteiger partial charge on any atom is -0.300 e. The second-order valence-electron chi connectivity index (χ2n) is 6.61. The first-order valence-corrected chi connectivity index (χ1v) is 8.06. The summed E-state index contributed by atoms with van der Waals surface area (Å²) < 4.78 is 0. The third-order valence-corrected chi connectivity index (χ3v) is 3.74. The third kappa shape index (κ3) is 13.6. The second kappa shape index (κ2) is 11.3. The number of allylic oxidation sites excluding steroid dienone is 2. The van der Waals surface area contributed by atoms with Gasteiger partial charge in [-0.3, -0.25) is 0 Å². The van der Waals surface area contributed by atoms with Crippen LogP contribution in [0.25, 0.3) is 0 Å². The van der Waals surface area contributed by atoms with Crippen molar-refractivity contribution in [1.29, 1.82) is 0 Å². The highest BCUT2D eigenvalue weighted by atomic mass is 16.1. The fourth-order valence-corrected chi connectivity index (χ4v) is 2.37. The molecule has 1 nitrogen and oxygen atoms in total. The predicted molar refractivity (Wildman–Crippen MR) is 85.4 cm³/mol. The number of hydrogen-bond acceptors (Lipinski definition) is 1. The molecule has 0 fully saturated rings. The second-order valence-corrected chi connectivity index (χ2v) is 6.61. The van der Waals surface area contributed by atoms with E-state index in [1.54, 1.807) is 6.92 Å². The maximum Gasteiger partial charge on any atom is 0.130 e. The summed E-state index contributed by atoms with van der Waals surface area (Å²) in [5, 5.41) is 0. The number of carbonyl (C=O) groups excluding carboxylic acids is 1. The van der Waals surface area contributed by atoms with Crippen molar-refractivity contribution >= 4 is 5.78 Å². The first-order valence-electron chi connectivity index (χ1n) is 8.06. The Morgan fingerprint density at radius 2 is 1.58 bits per heavy atom. The van der Waals surface area contributed by atoms with Crippen LogP contribution in [0.3, 0.4) is 0 Å². The maximum absolute atomic E-state index is 10.8. The van der Waals surface area contributed by atoms with E-state index < -0.39 is 0 Å². The van der Waals surface area contributed by atoms with Crippen LogP contribution in [0.4, 0.5) is 0 Å². The molecule has 0 heterocycles. The highest BCUT2D eigenvalue weighted by molar-refractivity contribution is 5.75. The number of Topliss-reactive ketones (excluding diaryl/α,β-unsaturated/α-hetero) is 1. The molecule has 0 aromatic carbocycles. The number of carbonyl (C=O) groups is 1. The van der Waals surface area contributed by atoms with E-state index in [1.807, 2.05) is 0 Å². The summed E-state index contributed by atoms with van der Waals surface area (Å²) in [5.74, 6) is 2.00. The van der Waals surface area contributed by atoms with Crippen molar-refractivity contribution in [3.63, 3.8) is 0 Å². The number of hydrogen-bond donors (Lipinski definition) is 0. The molecular formula is C18H34O. The summed E-state index contributed by atoms with van der Waals surface area (Å²) in [7, 11) is 0. The highest BCUT2D eigenvalue weighted by Gasteiger charge is 2.03. The summed E-state index contributed by atoms with van der Waals surface area (Å²) in [5.41, 5.74) is 1.45. The Morgan fingerprint density at radius 3 is 2.16 bits per heavy atom. The molecular weight excluding hydrogens is 232 g/mol. The Balaban J connectivity index is 3.57. The van der Waals surface area contributed by atoms with Crippen LogP contribution in [0.1, 0.15) is 86.0 Å². The van der Waals surface area contributed by atoms with Crippen LogP contribution in [-0.4, -0.2) is 5.78 Å². The lowest BCUT2D eigenvalue weighted by Gasteiger charge is -2.12. The summed E-state index contributed by atoms with van der Waals surface area (Å²) >= 11 is 0. The zero-order chi connectivity index (χ0) is 14.7. The highest BCUT2D eigenvalue weighted by Crippen LogP contribution is 2.19. The van der Waals surface area contributed by atoms with Crippen molar-refractivity contribution in [2.45, 2.75) is 86.0 Å². The lowest BCUT2D eigenvalue weighted by Crippen LogP contribution is -1.97. The van der Waals surface area contributed by atoms with E-state index in [9.17, 15) is 4.79 Å². The van der Waals surface area contributed by atoms with Gasteiger partial charge in [0.1, 0.15) is 5.78 Å². The SMILES string of the molecule is CC(=O)CC/C=C(\C)CCC[C@H](C)CCCC(C)C. The topological polar surface area (TPSA) is 17.1 Å². The molecule has 0 saturated heterocycles. The van der Waals surface area contributed by atoms with E-state index in [0.717, 1.165) is 18.3 Å². The summed E-state index contributed by atoms with van der Waals surface area (Å²) in [4.78, 5) is 10.8. The molecule has 0 saturated carbocycles. The molecule has 19 heavy (non-hydrogen) atoms. The maximum atomic E-state index is 10.8. The Bertz CT molecular complexity index is 263. The van der Waals surface area contributed by atoms with E-state index >= 15 is 0 Å². The van der Waals surface area contributed by atoms with Gasteiger partial charge in [-0.05, 0) is 44.9 Å². The molecule has 0 aliphatic carbocycles. The van der Waals surface area contributed by atoms with Gasteiger partial charge in [0.05, 0.1) is 0 Å². The average molecular weight is 266 g/mol. The molecule has 0 aromatic heterocycles. The number of rotatable bonds is 11. The molecule has 1 atom stereocenters. The Morgan fingerprint density at radius 1 is 0.947 bits per heavy atom. The van der Waals surface area contributed by atoms with Crippen LogP contribution < -0.4 is 0 Å². The molecule has 0 radical (unpaired) electrons. The standard InChI is InChI=1S/C18H34O/c1-15(2)9-6-10-16(3)11-7-12-17(4)13-8-14-18(5)19/h13,15-16H,6-12,14H2,1-5H3/b17-13+/t16-/m1/s1. The fourth-order valence-electron chi connectivity index (χ4n) is 2.37. The minimum atomic E-state index is 0.294. The van der Waals surface area contributed by atoms with Crippen molar-refractivity contribution in [3.05, 3.63) is 11.6 Å². The van der Waals surface area contributed by atoms with Crippen molar-refractivity contribution in [2.24, 2.45) is 11.8 Å². The van der Waals surface area contributed by atoms with Gasteiger partial charge in [-0.25, -0.2) is 0 Å². The zero-order valence-electron chi connectivity index (χ0n) is 13.8. The molecule has 0 amide bonds. The lowest BCUT2D eigenvalue weighted by molar-refractivity contribution is -0.116. The van der Waals surface area contributed by atoms with Gasteiger partial charge in [-0.1, -0.05) is 58.1 Å². The van der Waals surface area contributed by atoms with Gasteiger partial charge < -0.3 is 4.79 Å². The van der Waals surface area contributed by atoms with Gasteiger partial charge >= 0.3 is 0 Å². The first-order chi connectivity index (χ1) is 8.91. The largest absolute Gasteiger partial charge is 0.300 e. The number of ketones is 1. The summed E-state index contributed by atoms with van der Waals surface area (Å²) in [6.07, 6.45) is 11.8. The van der Waals surface area contributed by atoms with Gasteiger partial charge in [-0.15, -0.1) is 0 Å². The van der Waals surface area contributed by atoms with Gasteiger partial charge in [0.25, 0.3) is 0 Å². The van der Waals surface area contributed by atoms with Crippen LogP contribution in [0, 0.1) is 11.8 Å². The monoisotopic (exact) mass is 266 g/mol. The molecule has 0 unspecified atom stereocenters.